The molecular weight excluding hydrogens is 857 g/mol. The lowest BCUT2D eigenvalue weighted by Gasteiger charge is -2.30. The van der Waals surface area contributed by atoms with Crippen LogP contribution in [0.2, 0.25) is 0 Å². The molecule has 67 heavy (non-hydrogen) atoms. The summed E-state index contributed by atoms with van der Waals surface area (Å²) in [6.07, 6.45) is 5.35. The van der Waals surface area contributed by atoms with Crippen LogP contribution in [0.15, 0.2) is 60.7 Å². The van der Waals surface area contributed by atoms with Crippen LogP contribution < -0.4 is 42.5 Å². The van der Waals surface area contributed by atoms with Gasteiger partial charge in [0.05, 0.1) is 12.1 Å². The minimum atomic E-state index is -0.968. The molecule has 5 rings (SSSR count). The van der Waals surface area contributed by atoms with Gasteiger partial charge in [-0.15, -0.1) is 0 Å². The Balaban J connectivity index is 1.40. The van der Waals surface area contributed by atoms with E-state index < -0.39 is 72.0 Å². The van der Waals surface area contributed by atoms with E-state index in [0.29, 0.717) is 77.3 Å². The topological polar surface area (TPSA) is 239 Å². The van der Waals surface area contributed by atoms with Gasteiger partial charge in [0, 0.05) is 39.0 Å². The zero-order chi connectivity index (χ0) is 48.3. The molecule has 0 aromatic heterocycles. The van der Waals surface area contributed by atoms with Crippen molar-refractivity contribution in [3.8, 4) is 0 Å². The van der Waals surface area contributed by atoms with E-state index in [2.05, 4.69) is 42.5 Å². The number of carbonyl (C=O) groups excluding carboxylic acids is 8. The van der Waals surface area contributed by atoms with Crippen LogP contribution in [0.5, 0.6) is 0 Å². The third kappa shape index (κ3) is 15.3. The summed E-state index contributed by atoms with van der Waals surface area (Å²) in [5.74, 6) is -3.23. The van der Waals surface area contributed by atoms with Gasteiger partial charge in [-0.05, 0) is 96.9 Å². The Hall–Kier alpha value is -5.88. The molecule has 0 spiro atoms. The Morgan fingerprint density at radius 3 is 1.33 bits per heavy atom. The maximum atomic E-state index is 14.3. The van der Waals surface area contributed by atoms with E-state index in [0.717, 1.165) is 11.1 Å². The molecule has 3 fully saturated rings. The Kier molecular flexibility index (Phi) is 20.6. The van der Waals surface area contributed by atoms with E-state index in [-0.39, 0.29) is 56.0 Å². The van der Waals surface area contributed by atoms with Crippen molar-refractivity contribution in [1.29, 1.82) is 0 Å². The highest BCUT2D eigenvalue weighted by Crippen LogP contribution is 2.23. The first-order valence-corrected chi connectivity index (χ1v) is 24.1. The molecule has 3 heterocycles. The number of hydrogen-bond acceptors (Lipinski definition) is 10. The van der Waals surface area contributed by atoms with E-state index in [1.54, 1.807) is 27.9 Å². The van der Waals surface area contributed by atoms with Crippen LogP contribution >= 0.6 is 0 Å². The SMILES string of the molecule is CN[C@@H](C)C(=O)N[C@H]1CCCCCNC(=O)[C@H](Cc2ccccc2)NC(=O)C2CCCN2C(=O)[C@@H](NC(=O)[C@H](C)NC)CCCCNC(=O)[C@H](Cc2ccccc2)NC(=O)C2CCCN2C1=O. The van der Waals surface area contributed by atoms with Gasteiger partial charge in [0.15, 0.2) is 0 Å². The molecule has 0 aliphatic carbocycles. The summed E-state index contributed by atoms with van der Waals surface area (Å²) in [4.78, 5) is 114. The fourth-order valence-corrected chi connectivity index (χ4v) is 8.82. The van der Waals surface area contributed by atoms with Crippen molar-refractivity contribution < 1.29 is 38.4 Å². The predicted molar refractivity (Wildman–Crippen MR) is 253 cm³/mol. The summed E-state index contributed by atoms with van der Waals surface area (Å²) in [6.45, 7) is 4.48. The van der Waals surface area contributed by atoms with Crippen molar-refractivity contribution in [1.82, 2.24) is 52.3 Å². The van der Waals surface area contributed by atoms with Gasteiger partial charge in [0.1, 0.15) is 36.3 Å². The van der Waals surface area contributed by atoms with Crippen LogP contribution in [-0.4, -0.2) is 146 Å². The van der Waals surface area contributed by atoms with Gasteiger partial charge in [-0.25, -0.2) is 0 Å². The number of likely N-dealkylation sites (N-methyl/N-ethyl adjacent to an activating group) is 2. The first-order valence-electron chi connectivity index (χ1n) is 24.1. The molecule has 0 saturated carbocycles. The molecular formula is C49H72N10O8. The van der Waals surface area contributed by atoms with E-state index in [9.17, 15) is 38.4 Å². The number of benzene rings is 2. The average molecular weight is 929 g/mol. The summed E-state index contributed by atoms with van der Waals surface area (Å²) in [6, 6.07) is 12.0. The lowest BCUT2D eigenvalue weighted by molar-refractivity contribution is -0.142. The summed E-state index contributed by atoms with van der Waals surface area (Å²) in [5.41, 5.74) is 1.66. The smallest absolute Gasteiger partial charge is 0.245 e. The van der Waals surface area contributed by atoms with Crippen LogP contribution in [0.4, 0.5) is 0 Å². The highest BCUT2D eigenvalue weighted by atomic mass is 16.2. The zero-order valence-electron chi connectivity index (χ0n) is 39.6. The average Bonchev–Trinajstić information content (AvgIpc) is 4.04. The zero-order valence-corrected chi connectivity index (χ0v) is 39.6. The molecule has 2 aromatic rings. The molecule has 3 aliphatic heterocycles. The summed E-state index contributed by atoms with van der Waals surface area (Å²) in [7, 11) is 3.29. The van der Waals surface area contributed by atoms with Crippen LogP contribution in [0.25, 0.3) is 0 Å². The molecule has 3 aliphatic rings. The maximum Gasteiger partial charge on any atom is 0.245 e. The second kappa shape index (κ2) is 26.5. The van der Waals surface area contributed by atoms with Crippen molar-refractivity contribution >= 4 is 47.3 Å². The highest BCUT2D eigenvalue weighted by Gasteiger charge is 2.41. The lowest BCUT2D eigenvalue weighted by atomic mass is 10.0. The fourth-order valence-electron chi connectivity index (χ4n) is 8.82. The molecule has 3 saturated heterocycles. The first-order chi connectivity index (χ1) is 32.3. The Morgan fingerprint density at radius 1 is 0.537 bits per heavy atom. The Morgan fingerprint density at radius 2 is 0.925 bits per heavy atom. The Labute approximate surface area is 394 Å². The summed E-state index contributed by atoms with van der Waals surface area (Å²) in [5, 5.41) is 23.4. The first kappa shape index (κ1) is 52.1. The highest BCUT2D eigenvalue weighted by molar-refractivity contribution is 5.96. The maximum absolute atomic E-state index is 14.3. The second-order valence-corrected chi connectivity index (χ2v) is 18.0. The fraction of sp³-hybridized carbons (Fsp3) is 0.592. The molecule has 8 N–H and O–H groups in total. The molecule has 8 amide bonds. The molecule has 2 unspecified atom stereocenters. The van der Waals surface area contributed by atoms with Crippen molar-refractivity contribution in [2.45, 2.75) is 146 Å². The largest absolute Gasteiger partial charge is 0.354 e. The molecule has 2 aromatic carbocycles. The molecule has 366 valence electrons. The van der Waals surface area contributed by atoms with Crippen LogP contribution in [0, 0.1) is 0 Å². The third-order valence-electron chi connectivity index (χ3n) is 13.1. The van der Waals surface area contributed by atoms with Crippen molar-refractivity contribution in [3.63, 3.8) is 0 Å². The third-order valence-corrected chi connectivity index (χ3v) is 13.1. The van der Waals surface area contributed by atoms with Gasteiger partial charge in [0.2, 0.25) is 47.3 Å². The standard InChI is InChI=1S/C49H72N10O8/c1-32(50-3)42(60)54-36-22-12-7-14-26-52-44(62)38(30-34-18-8-5-9-19-34)56-47(65)41-25-17-29-59(41)49(67)37(55-43(61)33(2)51-4)23-13-15-27-53-45(63)39(31-35-20-10-6-11-21-35)57-46(64)40-24-16-28-58(40)48(36)66/h5-6,8-11,18-21,32-33,36-41,50-51H,7,12-17,22-31H2,1-4H3,(H,52,62)(H,53,63)(H,54,60)(H,55,61)(H,56,65)(H,57,64)/t32-,33-,36-,37-,38-,39-,40?,41?/m0/s1. The minimum Gasteiger partial charge on any atom is -0.354 e. The number of hydrogen-bond donors (Lipinski definition) is 8. The van der Waals surface area contributed by atoms with Crippen molar-refractivity contribution in [3.05, 3.63) is 71.8 Å². The van der Waals surface area contributed by atoms with Crippen molar-refractivity contribution in [2.24, 2.45) is 0 Å². The number of nitrogens with one attached hydrogen (secondary N) is 8. The van der Waals surface area contributed by atoms with Crippen LogP contribution in [-0.2, 0) is 51.2 Å². The van der Waals surface area contributed by atoms with Gasteiger partial charge in [0.25, 0.3) is 0 Å². The van der Waals surface area contributed by atoms with E-state index in [1.165, 1.54) is 9.80 Å². The number of amides is 8. The molecule has 0 radical (unpaired) electrons. The molecule has 18 heteroatoms. The number of fused-ring (bicyclic) bond motifs is 2. The van der Waals surface area contributed by atoms with E-state index >= 15 is 0 Å². The van der Waals surface area contributed by atoms with Crippen molar-refractivity contribution in [2.75, 3.05) is 40.3 Å². The van der Waals surface area contributed by atoms with Crippen LogP contribution in [0.1, 0.15) is 95.6 Å². The van der Waals surface area contributed by atoms with Gasteiger partial charge in [-0.2, -0.15) is 0 Å². The van der Waals surface area contributed by atoms with Crippen LogP contribution in [0.3, 0.4) is 0 Å². The molecule has 8 atom stereocenters. The molecule has 18 nitrogen and oxygen atoms in total. The van der Waals surface area contributed by atoms with E-state index in [4.69, 9.17) is 0 Å². The van der Waals surface area contributed by atoms with E-state index in [1.807, 2.05) is 60.7 Å². The quantitative estimate of drug-likeness (QED) is 0.165. The number of rotatable bonds is 10. The van der Waals surface area contributed by atoms with Gasteiger partial charge < -0.3 is 52.3 Å². The van der Waals surface area contributed by atoms with Gasteiger partial charge in [-0.3, -0.25) is 38.4 Å². The van der Waals surface area contributed by atoms with Gasteiger partial charge in [-0.1, -0.05) is 73.5 Å². The Bertz CT molecular complexity index is 1990. The summed E-state index contributed by atoms with van der Waals surface area (Å²) < 4.78 is 0. The molecule has 0 bridgehead atoms. The van der Waals surface area contributed by atoms with Gasteiger partial charge >= 0.3 is 0 Å². The second-order valence-electron chi connectivity index (χ2n) is 18.0. The summed E-state index contributed by atoms with van der Waals surface area (Å²) >= 11 is 0. The lowest BCUT2D eigenvalue weighted by Crippen LogP contribution is -2.57. The minimum absolute atomic E-state index is 0.198. The number of nitrogens with zero attached hydrogens (tertiary/aromatic N) is 2. The normalized spacial score (nSPS) is 25.6. The monoisotopic (exact) mass is 929 g/mol. The number of carbonyl (C=O) groups is 8. The predicted octanol–water partition coefficient (Wildman–Crippen LogP) is 0.586.